The van der Waals surface area contributed by atoms with Gasteiger partial charge in [-0.05, 0) is 41.9 Å². The number of rotatable bonds is 2. The number of halogens is 2. The molecule has 2 rings (SSSR count). The predicted octanol–water partition coefficient (Wildman–Crippen LogP) is 3.82. The van der Waals surface area contributed by atoms with Crippen LogP contribution < -0.4 is 5.73 Å². The average molecular weight is 286 g/mol. The molecule has 2 N–H and O–H groups in total. The standard InChI is InChI=1S/C13H17BrFN/c1-3-13(2)10(7-12(13)16)9-5-4-8(15)6-11(9)14/h4-6,10,12H,3,7,16H2,1-2H3. The summed E-state index contributed by atoms with van der Waals surface area (Å²) < 4.78 is 13.9. The van der Waals surface area contributed by atoms with Gasteiger partial charge in [0, 0.05) is 10.5 Å². The molecule has 3 atom stereocenters. The fourth-order valence-electron chi connectivity index (χ4n) is 2.67. The van der Waals surface area contributed by atoms with E-state index in [-0.39, 0.29) is 17.3 Å². The zero-order valence-corrected chi connectivity index (χ0v) is 11.2. The molecule has 0 radical (unpaired) electrons. The van der Waals surface area contributed by atoms with Crippen molar-refractivity contribution in [2.45, 2.75) is 38.6 Å². The Kier molecular flexibility index (Phi) is 3.10. The van der Waals surface area contributed by atoms with Gasteiger partial charge in [0.1, 0.15) is 5.82 Å². The molecular formula is C13H17BrFN. The van der Waals surface area contributed by atoms with Crippen LogP contribution in [0.25, 0.3) is 0 Å². The maximum absolute atomic E-state index is 13.0. The summed E-state index contributed by atoms with van der Waals surface area (Å²) in [5.41, 5.74) is 7.43. The maximum Gasteiger partial charge on any atom is 0.124 e. The highest BCUT2D eigenvalue weighted by Crippen LogP contribution is 2.55. The SMILES string of the molecule is CCC1(C)C(N)CC1c1ccc(F)cc1Br. The molecule has 1 saturated carbocycles. The van der Waals surface area contributed by atoms with Crippen LogP contribution >= 0.6 is 15.9 Å². The molecule has 3 heteroatoms. The van der Waals surface area contributed by atoms with Crippen LogP contribution in [0, 0.1) is 11.2 Å². The molecular weight excluding hydrogens is 269 g/mol. The summed E-state index contributed by atoms with van der Waals surface area (Å²) in [5, 5.41) is 0. The van der Waals surface area contributed by atoms with Crippen LogP contribution in [0.15, 0.2) is 22.7 Å². The molecule has 1 aliphatic rings. The second-order valence-corrected chi connectivity index (χ2v) is 5.77. The second-order valence-electron chi connectivity index (χ2n) is 4.92. The first kappa shape index (κ1) is 12.1. The van der Waals surface area contributed by atoms with E-state index < -0.39 is 0 Å². The highest BCUT2D eigenvalue weighted by Gasteiger charge is 2.49. The lowest BCUT2D eigenvalue weighted by Crippen LogP contribution is -2.54. The summed E-state index contributed by atoms with van der Waals surface area (Å²) in [6, 6.07) is 5.21. The van der Waals surface area contributed by atoms with E-state index in [0.717, 1.165) is 17.3 Å². The zero-order chi connectivity index (χ0) is 11.9. The molecule has 1 nitrogen and oxygen atoms in total. The largest absolute Gasteiger partial charge is 0.327 e. The zero-order valence-electron chi connectivity index (χ0n) is 9.63. The van der Waals surface area contributed by atoms with Crippen molar-refractivity contribution in [3.05, 3.63) is 34.1 Å². The average Bonchev–Trinajstić information content (AvgIpc) is 2.26. The van der Waals surface area contributed by atoms with Crippen LogP contribution in [-0.2, 0) is 0 Å². The molecule has 1 aromatic rings. The van der Waals surface area contributed by atoms with Gasteiger partial charge in [0.15, 0.2) is 0 Å². The van der Waals surface area contributed by atoms with Gasteiger partial charge in [0.25, 0.3) is 0 Å². The number of benzene rings is 1. The minimum absolute atomic E-state index is 0.153. The third-order valence-electron chi connectivity index (χ3n) is 4.23. The quantitative estimate of drug-likeness (QED) is 0.878. The smallest absolute Gasteiger partial charge is 0.124 e. The van der Waals surface area contributed by atoms with Gasteiger partial charge in [0.2, 0.25) is 0 Å². The van der Waals surface area contributed by atoms with Crippen molar-refractivity contribution in [2.24, 2.45) is 11.1 Å². The summed E-state index contributed by atoms with van der Waals surface area (Å²) >= 11 is 3.44. The monoisotopic (exact) mass is 285 g/mol. The summed E-state index contributed by atoms with van der Waals surface area (Å²) in [6.45, 7) is 4.39. The fourth-order valence-corrected chi connectivity index (χ4v) is 3.29. The Morgan fingerprint density at radius 2 is 2.25 bits per heavy atom. The van der Waals surface area contributed by atoms with Crippen LogP contribution in [0.5, 0.6) is 0 Å². The van der Waals surface area contributed by atoms with E-state index in [4.69, 9.17) is 5.73 Å². The van der Waals surface area contributed by atoms with Gasteiger partial charge in [0.05, 0.1) is 0 Å². The van der Waals surface area contributed by atoms with Gasteiger partial charge in [-0.25, -0.2) is 4.39 Å². The molecule has 0 saturated heterocycles. The highest BCUT2D eigenvalue weighted by molar-refractivity contribution is 9.10. The summed E-state index contributed by atoms with van der Waals surface area (Å²) in [7, 11) is 0. The first-order chi connectivity index (χ1) is 7.49. The van der Waals surface area contributed by atoms with Crippen molar-refractivity contribution in [3.63, 3.8) is 0 Å². The molecule has 0 aliphatic heterocycles. The first-order valence-corrected chi connectivity index (χ1v) is 6.49. The van der Waals surface area contributed by atoms with Crippen molar-refractivity contribution in [1.29, 1.82) is 0 Å². The summed E-state index contributed by atoms with van der Waals surface area (Å²) in [6.07, 6.45) is 2.05. The first-order valence-electron chi connectivity index (χ1n) is 5.69. The Morgan fingerprint density at radius 1 is 1.56 bits per heavy atom. The molecule has 1 aliphatic carbocycles. The van der Waals surface area contributed by atoms with Gasteiger partial charge >= 0.3 is 0 Å². The van der Waals surface area contributed by atoms with Crippen molar-refractivity contribution in [3.8, 4) is 0 Å². The minimum Gasteiger partial charge on any atom is -0.327 e. The molecule has 0 amide bonds. The minimum atomic E-state index is -0.197. The van der Waals surface area contributed by atoms with Crippen LogP contribution in [0.2, 0.25) is 0 Å². The van der Waals surface area contributed by atoms with Crippen molar-refractivity contribution < 1.29 is 4.39 Å². The van der Waals surface area contributed by atoms with Crippen molar-refractivity contribution in [2.75, 3.05) is 0 Å². The van der Waals surface area contributed by atoms with E-state index in [2.05, 4.69) is 29.8 Å². The van der Waals surface area contributed by atoms with Crippen LogP contribution in [0.3, 0.4) is 0 Å². The second kappa shape index (κ2) is 4.11. The lowest BCUT2D eigenvalue weighted by molar-refractivity contribution is 0.0701. The maximum atomic E-state index is 13.0. The van der Waals surface area contributed by atoms with Gasteiger partial charge in [-0.15, -0.1) is 0 Å². The Hall–Kier alpha value is -0.410. The number of hydrogen-bond donors (Lipinski definition) is 1. The Morgan fingerprint density at radius 3 is 2.75 bits per heavy atom. The molecule has 0 heterocycles. The molecule has 0 spiro atoms. The van der Waals surface area contributed by atoms with E-state index in [9.17, 15) is 4.39 Å². The van der Waals surface area contributed by atoms with Crippen molar-refractivity contribution in [1.82, 2.24) is 0 Å². The van der Waals surface area contributed by atoms with Gasteiger partial charge < -0.3 is 5.73 Å². The topological polar surface area (TPSA) is 26.0 Å². The number of nitrogens with two attached hydrogens (primary N) is 1. The van der Waals surface area contributed by atoms with Crippen LogP contribution in [0.4, 0.5) is 4.39 Å². The molecule has 3 unspecified atom stereocenters. The molecule has 0 aromatic heterocycles. The molecule has 0 bridgehead atoms. The summed E-state index contributed by atoms with van der Waals surface area (Å²) in [4.78, 5) is 0. The van der Waals surface area contributed by atoms with Crippen LogP contribution in [-0.4, -0.2) is 6.04 Å². The molecule has 88 valence electrons. The van der Waals surface area contributed by atoms with E-state index in [1.807, 2.05) is 6.07 Å². The fraction of sp³-hybridized carbons (Fsp3) is 0.538. The van der Waals surface area contributed by atoms with Crippen LogP contribution in [0.1, 0.15) is 38.2 Å². The molecule has 1 fully saturated rings. The van der Waals surface area contributed by atoms with Gasteiger partial charge in [-0.2, -0.15) is 0 Å². The third-order valence-corrected chi connectivity index (χ3v) is 4.92. The van der Waals surface area contributed by atoms with Gasteiger partial charge in [-0.1, -0.05) is 35.8 Å². The Balaban J connectivity index is 2.33. The lowest BCUT2D eigenvalue weighted by Gasteiger charge is -2.53. The highest BCUT2D eigenvalue weighted by atomic mass is 79.9. The normalized spacial score (nSPS) is 33.6. The van der Waals surface area contributed by atoms with E-state index in [1.54, 1.807) is 0 Å². The Bertz CT molecular complexity index is 407. The molecule has 1 aromatic carbocycles. The third kappa shape index (κ3) is 1.70. The van der Waals surface area contributed by atoms with E-state index in [0.29, 0.717) is 5.92 Å². The van der Waals surface area contributed by atoms with Crippen molar-refractivity contribution >= 4 is 15.9 Å². The number of hydrogen-bond acceptors (Lipinski definition) is 1. The van der Waals surface area contributed by atoms with E-state index >= 15 is 0 Å². The van der Waals surface area contributed by atoms with E-state index in [1.165, 1.54) is 17.7 Å². The summed E-state index contributed by atoms with van der Waals surface area (Å²) in [5.74, 6) is 0.250. The predicted molar refractivity (Wildman–Crippen MR) is 67.8 cm³/mol. The lowest BCUT2D eigenvalue weighted by atomic mass is 9.54. The molecule has 16 heavy (non-hydrogen) atoms. The Labute approximate surface area is 104 Å². The van der Waals surface area contributed by atoms with Gasteiger partial charge in [-0.3, -0.25) is 0 Å².